The van der Waals surface area contributed by atoms with Gasteiger partial charge in [-0.1, -0.05) is 33.1 Å². The Kier molecular flexibility index (Phi) is 6.67. The van der Waals surface area contributed by atoms with Crippen LogP contribution in [0.2, 0.25) is 0 Å². The number of hydrogen-bond donors (Lipinski definition) is 1. The van der Waals surface area contributed by atoms with Crippen LogP contribution in [0.5, 0.6) is 0 Å². The molecule has 0 saturated heterocycles. The van der Waals surface area contributed by atoms with E-state index in [1.165, 1.54) is 32.1 Å². The van der Waals surface area contributed by atoms with Crippen LogP contribution in [-0.4, -0.2) is 21.3 Å². The Hall–Kier alpha value is -1.06. The van der Waals surface area contributed by atoms with Gasteiger partial charge in [0.2, 0.25) is 5.95 Å². The average Bonchev–Trinajstić information content (AvgIpc) is 2.87. The van der Waals surface area contributed by atoms with Gasteiger partial charge in [0.15, 0.2) is 0 Å². The Morgan fingerprint density at radius 2 is 2.00 bits per heavy atom. The van der Waals surface area contributed by atoms with Crippen molar-refractivity contribution >= 4 is 5.95 Å². The van der Waals surface area contributed by atoms with E-state index < -0.39 is 0 Å². The van der Waals surface area contributed by atoms with E-state index in [9.17, 15) is 0 Å². The summed E-state index contributed by atoms with van der Waals surface area (Å²) in [6.45, 7) is 8.02. The molecule has 0 atom stereocenters. The number of hydrogen-bond acceptors (Lipinski definition) is 3. The molecule has 98 valence electrons. The topological polar surface area (TPSA) is 42.7 Å². The molecule has 4 nitrogen and oxygen atoms in total. The molecule has 0 bridgehead atoms. The lowest BCUT2D eigenvalue weighted by molar-refractivity contribution is 0.372. The summed E-state index contributed by atoms with van der Waals surface area (Å²) in [5.74, 6) is 1.75. The highest BCUT2D eigenvalue weighted by atomic mass is 15.4. The fourth-order valence-corrected chi connectivity index (χ4v) is 2.26. The molecule has 0 radical (unpaired) electrons. The van der Waals surface area contributed by atoms with Crippen molar-refractivity contribution in [1.29, 1.82) is 0 Å². The van der Waals surface area contributed by atoms with Crippen molar-refractivity contribution in [3.05, 3.63) is 6.33 Å². The van der Waals surface area contributed by atoms with Gasteiger partial charge < -0.3 is 5.32 Å². The quantitative estimate of drug-likeness (QED) is 0.875. The molecule has 1 aromatic rings. The monoisotopic (exact) mass is 238 g/mol. The number of anilines is 1. The Morgan fingerprint density at radius 1 is 1.29 bits per heavy atom. The molecule has 1 heterocycles. The minimum Gasteiger partial charge on any atom is -0.354 e. The molecule has 1 N–H and O–H groups in total. The standard InChI is InChI=1S/C11H20N4.C2H6/c1-2-15-11(13-9-14-15)12-8-10-6-4-3-5-7-10;1-2/h9-10H,2-8H2,1H3,(H,12,13,14);1-2H3. The maximum Gasteiger partial charge on any atom is 0.221 e. The zero-order valence-corrected chi connectivity index (χ0v) is 11.4. The van der Waals surface area contributed by atoms with E-state index in [0.717, 1.165) is 25.0 Å². The van der Waals surface area contributed by atoms with Crippen LogP contribution < -0.4 is 5.32 Å². The van der Waals surface area contributed by atoms with Crippen LogP contribution in [0.4, 0.5) is 5.95 Å². The second-order valence-electron chi connectivity index (χ2n) is 4.28. The van der Waals surface area contributed by atoms with Gasteiger partial charge in [-0.25, -0.2) is 4.68 Å². The maximum absolute atomic E-state index is 4.21. The van der Waals surface area contributed by atoms with E-state index >= 15 is 0 Å². The van der Waals surface area contributed by atoms with Crippen LogP contribution in [0.1, 0.15) is 52.9 Å². The van der Waals surface area contributed by atoms with Crippen LogP contribution in [0.15, 0.2) is 6.33 Å². The third-order valence-electron chi connectivity index (χ3n) is 3.19. The highest BCUT2D eigenvalue weighted by Gasteiger charge is 2.13. The molecule has 1 aliphatic carbocycles. The van der Waals surface area contributed by atoms with Crippen LogP contribution in [0.25, 0.3) is 0 Å². The Bertz CT molecular complexity index is 289. The van der Waals surface area contributed by atoms with Crippen molar-refractivity contribution in [2.75, 3.05) is 11.9 Å². The van der Waals surface area contributed by atoms with Gasteiger partial charge in [-0.3, -0.25) is 0 Å². The molecule has 4 heteroatoms. The molecule has 0 amide bonds. The van der Waals surface area contributed by atoms with Crippen molar-refractivity contribution in [3.8, 4) is 0 Å². The van der Waals surface area contributed by atoms with E-state index in [1.807, 2.05) is 18.5 Å². The van der Waals surface area contributed by atoms with Gasteiger partial charge in [0.1, 0.15) is 6.33 Å². The predicted molar refractivity (Wildman–Crippen MR) is 72.1 cm³/mol. The number of aromatic nitrogens is 3. The first-order chi connectivity index (χ1) is 8.40. The van der Waals surface area contributed by atoms with E-state index in [2.05, 4.69) is 22.3 Å². The first-order valence-electron chi connectivity index (χ1n) is 7.02. The fourth-order valence-electron chi connectivity index (χ4n) is 2.26. The minimum absolute atomic E-state index is 0.834. The van der Waals surface area contributed by atoms with Gasteiger partial charge in [0.05, 0.1) is 0 Å². The van der Waals surface area contributed by atoms with Crippen molar-refractivity contribution < 1.29 is 0 Å². The van der Waals surface area contributed by atoms with E-state index in [-0.39, 0.29) is 0 Å². The van der Waals surface area contributed by atoms with E-state index in [1.54, 1.807) is 6.33 Å². The summed E-state index contributed by atoms with van der Waals surface area (Å²) in [5.41, 5.74) is 0. The van der Waals surface area contributed by atoms with Crippen LogP contribution >= 0.6 is 0 Å². The lowest BCUT2D eigenvalue weighted by Gasteiger charge is -2.21. The van der Waals surface area contributed by atoms with E-state index in [4.69, 9.17) is 0 Å². The van der Waals surface area contributed by atoms with Crippen LogP contribution in [0, 0.1) is 5.92 Å². The molecule has 2 rings (SSSR count). The minimum atomic E-state index is 0.834. The van der Waals surface area contributed by atoms with Crippen molar-refractivity contribution in [1.82, 2.24) is 14.8 Å². The molecule has 0 aromatic carbocycles. The Balaban J connectivity index is 0.000000686. The van der Waals surface area contributed by atoms with Crippen molar-refractivity contribution in [3.63, 3.8) is 0 Å². The van der Waals surface area contributed by atoms with Gasteiger partial charge >= 0.3 is 0 Å². The zero-order chi connectivity index (χ0) is 12.5. The molecular formula is C13H26N4. The molecular weight excluding hydrogens is 212 g/mol. The van der Waals surface area contributed by atoms with Gasteiger partial charge in [0.25, 0.3) is 0 Å². The third kappa shape index (κ3) is 4.36. The van der Waals surface area contributed by atoms with E-state index in [0.29, 0.717) is 0 Å². The molecule has 17 heavy (non-hydrogen) atoms. The number of rotatable bonds is 4. The second kappa shape index (κ2) is 8.09. The highest BCUT2D eigenvalue weighted by Crippen LogP contribution is 2.23. The summed E-state index contributed by atoms with van der Waals surface area (Å²) in [7, 11) is 0. The SMILES string of the molecule is CC.CCn1ncnc1NCC1CCCCC1. The highest BCUT2D eigenvalue weighted by molar-refractivity contribution is 5.22. The van der Waals surface area contributed by atoms with Gasteiger partial charge in [-0.05, 0) is 25.7 Å². The summed E-state index contributed by atoms with van der Waals surface area (Å²) in [5, 5.41) is 7.54. The first-order valence-corrected chi connectivity index (χ1v) is 7.02. The van der Waals surface area contributed by atoms with Crippen molar-refractivity contribution in [2.45, 2.75) is 59.4 Å². The lowest BCUT2D eigenvalue weighted by atomic mass is 9.89. The van der Waals surface area contributed by atoms with Crippen LogP contribution in [0.3, 0.4) is 0 Å². The molecule has 0 aliphatic heterocycles. The molecule has 1 fully saturated rings. The van der Waals surface area contributed by atoms with Crippen LogP contribution in [-0.2, 0) is 6.54 Å². The molecule has 1 aliphatic rings. The Labute approximate surface area is 105 Å². The largest absolute Gasteiger partial charge is 0.354 e. The summed E-state index contributed by atoms with van der Waals surface area (Å²) in [6.07, 6.45) is 8.56. The van der Waals surface area contributed by atoms with Gasteiger partial charge in [-0.2, -0.15) is 10.1 Å². The smallest absolute Gasteiger partial charge is 0.221 e. The number of aryl methyl sites for hydroxylation is 1. The molecule has 0 spiro atoms. The van der Waals surface area contributed by atoms with Crippen molar-refractivity contribution in [2.24, 2.45) is 5.92 Å². The number of nitrogens with one attached hydrogen (secondary N) is 1. The summed E-state index contributed by atoms with van der Waals surface area (Å²) >= 11 is 0. The van der Waals surface area contributed by atoms with Gasteiger partial charge in [0, 0.05) is 13.1 Å². The van der Waals surface area contributed by atoms with Gasteiger partial charge in [-0.15, -0.1) is 0 Å². The normalized spacial score (nSPS) is 16.2. The molecule has 0 unspecified atom stereocenters. The zero-order valence-electron chi connectivity index (χ0n) is 11.4. The predicted octanol–water partition coefficient (Wildman–Crippen LogP) is 3.32. The molecule has 1 saturated carbocycles. The summed E-state index contributed by atoms with van der Waals surface area (Å²) < 4.78 is 1.91. The summed E-state index contributed by atoms with van der Waals surface area (Å²) in [4.78, 5) is 4.21. The fraction of sp³-hybridized carbons (Fsp3) is 0.846. The lowest BCUT2D eigenvalue weighted by Crippen LogP contribution is -2.19. The first kappa shape index (κ1) is 14.0. The maximum atomic E-state index is 4.21. The second-order valence-corrected chi connectivity index (χ2v) is 4.28. The summed E-state index contributed by atoms with van der Waals surface area (Å²) in [6, 6.07) is 0. The number of nitrogens with zero attached hydrogens (tertiary/aromatic N) is 3. The Morgan fingerprint density at radius 3 is 2.65 bits per heavy atom. The molecule has 1 aromatic heterocycles. The average molecular weight is 238 g/mol. The third-order valence-corrected chi connectivity index (χ3v) is 3.19.